The number of hydrogen-bond donors (Lipinski definition) is 1. The van der Waals surface area contributed by atoms with E-state index in [1.165, 1.54) is 5.69 Å². The molecule has 0 saturated heterocycles. The number of nitrogens with zero attached hydrogens (tertiary/aromatic N) is 2. The van der Waals surface area contributed by atoms with Gasteiger partial charge in [0.15, 0.2) is 0 Å². The summed E-state index contributed by atoms with van der Waals surface area (Å²) in [5, 5.41) is 9.77. The van der Waals surface area contributed by atoms with Crippen LogP contribution >= 0.6 is 15.9 Å². The molecule has 2 aromatic rings. The molecule has 0 spiro atoms. The number of aliphatic hydroxyl groups excluding tert-OH is 1. The molecular formula is C13H13BrN2O. The predicted molar refractivity (Wildman–Crippen MR) is 69.7 cm³/mol. The number of aliphatic hydroxyl groups is 1. The first-order valence-electron chi connectivity index (χ1n) is 5.74. The Labute approximate surface area is 108 Å². The van der Waals surface area contributed by atoms with Gasteiger partial charge in [-0.15, -0.1) is 0 Å². The molecule has 0 amide bonds. The molecule has 1 aliphatic heterocycles. The minimum absolute atomic E-state index is 0.258. The zero-order chi connectivity index (χ0) is 11.8. The Hall–Kier alpha value is -1.13. The molecule has 17 heavy (non-hydrogen) atoms. The maximum atomic E-state index is 9.77. The predicted octanol–water partition coefficient (Wildman–Crippen LogP) is 2.62. The van der Waals surface area contributed by atoms with Gasteiger partial charge in [0.25, 0.3) is 0 Å². The van der Waals surface area contributed by atoms with Gasteiger partial charge in [-0.3, -0.25) is 0 Å². The molecule has 3 nitrogen and oxygen atoms in total. The van der Waals surface area contributed by atoms with Gasteiger partial charge in [-0.2, -0.15) is 0 Å². The van der Waals surface area contributed by atoms with Crippen molar-refractivity contribution in [1.29, 1.82) is 0 Å². The van der Waals surface area contributed by atoms with E-state index in [0.717, 1.165) is 28.8 Å². The first-order chi connectivity index (χ1) is 8.25. The molecule has 88 valence electrons. The minimum Gasteiger partial charge on any atom is -0.391 e. The van der Waals surface area contributed by atoms with E-state index in [1.807, 2.05) is 30.3 Å². The second-order valence-electron chi connectivity index (χ2n) is 4.34. The van der Waals surface area contributed by atoms with Crippen LogP contribution < -0.4 is 0 Å². The summed E-state index contributed by atoms with van der Waals surface area (Å²) < 4.78 is 3.02. The summed E-state index contributed by atoms with van der Waals surface area (Å²) in [6, 6.07) is 10.1. The highest BCUT2D eigenvalue weighted by Crippen LogP contribution is 2.30. The maximum absolute atomic E-state index is 9.77. The largest absolute Gasteiger partial charge is 0.391 e. The molecule has 1 N–H and O–H groups in total. The zero-order valence-electron chi connectivity index (χ0n) is 9.31. The monoisotopic (exact) mass is 292 g/mol. The lowest BCUT2D eigenvalue weighted by Gasteiger charge is -2.21. The summed E-state index contributed by atoms with van der Waals surface area (Å²) in [5.41, 5.74) is 2.28. The van der Waals surface area contributed by atoms with Crippen LogP contribution in [0.5, 0.6) is 0 Å². The van der Waals surface area contributed by atoms with Crippen LogP contribution in [0, 0.1) is 0 Å². The van der Waals surface area contributed by atoms with Crippen LogP contribution in [0.4, 0.5) is 0 Å². The topological polar surface area (TPSA) is 38.1 Å². The number of benzene rings is 1. The van der Waals surface area contributed by atoms with Gasteiger partial charge in [0, 0.05) is 5.56 Å². The van der Waals surface area contributed by atoms with Crippen LogP contribution in [0.1, 0.15) is 12.1 Å². The van der Waals surface area contributed by atoms with Gasteiger partial charge in [0.2, 0.25) is 0 Å². The zero-order valence-corrected chi connectivity index (χ0v) is 10.9. The number of halogens is 1. The number of imidazole rings is 1. The lowest BCUT2D eigenvalue weighted by atomic mass is 10.1. The molecular weight excluding hydrogens is 280 g/mol. The van der Waals surface area contributed by atoms with Gasteiger partial charge in [0.05, 0.1) is 18.3 Å². The molecule has 1 atom stereocenters. The third kappa shape index (κ3) is 1.91. The molecule has 1 aromatic heterocycles. The summed E-state index contributed by atoms with van der Waals surface area (Å²) in [7, 11) is 0. The van der Waals surface area contributed by atoms with E-state index in [9.17, 15) is 5.11 Å². The molecule has 3 rings (SSSR count). The second kappa shape index (κ2) is 4.27. The number of rotatable bonds is 1. The summed E-state index contributed by atoms with van der Waals surface area (Å²) in [6.45, 7) is 0.637. The van der Waals surface area contributed by atoms with E-state index in [1.54, 1.807) is 0 Å². The highest BCUT2D eigenvalue weighted by atomic mass is 79.9. The highest BCUT2D eigenvalue weighted by molar-refractivity contribution is 9.10. The van der Waals surface area contributed by atoms with Crippen molar-refractivity contribution < 1.29 is 5.11 Å². The van der Waals surface area contributed by atoms with Crippen molar-refractivity contribution >= 4 is 15.9 Å². The first-order valence-corrected chi connectivity index (χ1v) is 6.53. The average Bonchev–Trinajstić information content (AvgIpc) is 2.67. The van der Waals surface area contributed by atoms with Crippen molar-refractivity contribution in [2.45, 2.75) is 25.5 Å². The van der Waals surface area contributed by atoms with Crippen LogP contribution in [0.25, 0.3) is 11.4 Å². The highest BCUT2D eigenvalue weighted by Gasteiger charge is 2.23. The molecule has 1 aromatic carbocycles. The Balaban J connectivity index is 2.13. The lowest BCUT2D eigenvalue weighted by Crippen LogP contribution is -2.24. The molecule has 2 heterocycles. The van der Waals surface area contributed by atoms with E-state index in [4.69, 9.17) is 0 Å². The van der Waals surface area contributed by atoms with Crippen molar-refractivity contribution in [3.8, 4) is 11.4 Å². The Kier molecular flexibility index (Phi) is 2.76. The van der Waals surface area contributed by atoms with Gasteiger partial charge < -0.3 is 9.67 Å². The first kappa shape index (κ1) is 11.0. The van der Waals surface area contributed by atoms with Crippen molar-refractivity contribution in [3.63, 3.8) is 0 Å². The van der Waals surface area contributed by atoms with Gasteiger partial charge in [-0.25, -0.2) is 4.98 Å². The van der Waals surface area contributed by atoms with Crippen LogP contribution in [0.3, 0.4) is 0 Å². The molecule has 0 saturated carbocycles. The quantitative estimate of drug-likeness (QED) is 0.877. The van der Waals surface area contributed by atoms with Gasteiger partial charge in [0.1, 0.15) is 10.4 Å². The molecule has 4 heteroatoms. The van der Waals surface area contributed by atoms with Gasteiger partial charge in [-0.1, -0.05) is 30.3 Å². The van der Waals surface area contributed by atoms with Crippen molar-refractivity contribution in [2.24, 2.45) is 0 Å². The Morgan fingerprint density at radius 2 is 2.06 bits per heavy atom. The number of hydrogen-bond acceptors (Lipinski definition) is 2. The van der Waals surface area contributed by atoms with Crippen LogP contribution in [0.2, 0.25) is 0 Å². The van der Waals surface area contributed by atoms with E-state index >= 15 is 0 Å². The fraction of sp³-hybridized carbons (Fsp3) is 0.308. The molecule has 1 aliphatic rings. The Morgan fingerprint density at radius 1 is 1.29 bits per heavy atom. The second-order valence-corrected chi connectivity index (χ2v) is 5.09. The molecule has 0 fully saturated rings. The summed E-state index contributed by atoms with van der Waals surface area (Å²) in [4.78, 5) is 4.57. The smallest absolute Gasteiger partial charge is 0.141 e. The van der Waals surface area contributed by atoms with E-state index in [0.29, 0.717) is 6.54 Å². The van der Waals surface area contributed by atoms with E-state index in [-0.39, 0.29) is 6.10 Å². The molecule has 0 aliphatic carbocycles. The van der Waals surface area contributed by atoms with Crippen molar-refractivity contribution in [2.75, 3.05) is 0 Å². The molecule has 0 radical (unpaired) electrons. The van der Waals surface area contributed by atoms with Crippen molar-refractivity contribution in [1.82, 2.24) is 9.55 Å². The van der Waals surface area contributed by atoms with Crippen LogP contribution in [-0.4, -0.2) is 20.8 Å². The number of fused-ring (bicyclic) bond motifs is 1. The van der Waals surface area contributed by atoms with Crippen LogP contribution in [0.15, 0.2) is 34.9 Å². The van der Waals surface area contributed by atoms with Gasteiger partial charge >= 0.3 is 0 Å². The fourth-order valence-electron chi connectivity index (χ4n) is 2.30. The summed E-state index contributed by atoms with van der Waals surface area (Å²) in [6.07, 6.45) is 1.44. The molecule has 1 unspecified atom stereocenters. The summed E-state index contributed by atoms with van der Waals surface area (Å²) in [5.74, 6) is 0.936. The standard InChI is InChI=1S/C13H13BrN2O/c14-12-11-7-6-10(17)8-16(11)13(15-12)9-4-2-1-3-5-9/h1-5,10,17H,6-8H2. The third-order valence-corrected chi connectivity index (χ3v) is 3.80. The van der Waals surface area contributed by atoms with Crippen LogP contribution in [-0.2, 0) is 13.0 Å². The van der Waals surface area contributed by atoms with E-state index in [2.05, 4.69) is 25.5 Å². The van der Waals surface area contributed by atoms with E-state index < -0.39 is 0 Å². The van der Waals surface area contributed by atoms with Gasteiger partial charge in [-0.05, 0) is 28.8 Å². The minimum atomic E-state index is -0.258. The fourth-order valence-corrected chi connectivity index (χ4v) is 2.89. The maximum Gasteiger partial charge on any atom is 0.141 e. The lowest BCUT2D eigenvalue weighted by molar-refractivity contribution is 0.132. The summed E-state index contributed by atoms with van der Waals surface area (Å²) >= 11 is 3.51. The SMILES string of the molecule is OC1CCc2c(Br)nc(-c3ccccc3)n2C1. The average molecular weight is 293 g/mol. The van der Waals surface area contributed by atoms with Crippen molar-refractivity contribution in [3.05, 3.63) is 40.6 Å². The Bertz CT molecular complexity index is 536. The number of aromatic nitrogens is 2. The normalized spacial score (nSPS) is 19.1. The Morgan fingerprint density at radius 3 is 2.82 bits per heavy atom. The third-order valence-electron chi connectivity index (χ3n) is 3.16. The molecule has 0 bridgehead atoms.